The van der Waals surface area contributed by atoms with Gasteiger partial charge in [0.05, 0.1) is 5.92 Å². The van der Waals surface area contributed by atoms with Gasteiger partial charge in [-0.15, -0.1) is 0 Å². The summed E-state index contributed by atoms with van der Waals surface area (Å²) < 4.78 is 15.4. The Balaban J connectivity index is 0.000000734. The number of piperazine rings is 1. The van der Waals surface area contributed by atoms with Gasteiger partial charge in [-0.3, -0.25) is 28.9 Å². The SMILES string of the molecule is CC(C)[C@@]1(NC(=O)[C@@H]2C=C3c4cccc5[nH]cc(c45)C[C@H]3N(C)C2)O[C@@]2(O)[C@@H]3CCCN3C(=O)[C@H](Cc3ccccc3)N2C1=O.O=P(O)(O)O. The lowest BCUT2D eigenvalue weighted by Crippen LogP contribution is -2.71. The summed E-state index contributed by atoms with van der Waals surface area (Å²) in [6, 6.07) is 14.2. The first-order valence-corrected chi connectivity index (χ1v) is 18.4. The second-order valence-corrected chi connectivity index (χ2v) is 15.2. The molecule has 15 heteroatoms. The summed E-state index contributed by atoms with van der Waals surface area (Å²) in [5.41, 5.74) is 3.59. The first-order chi connectivity index (χ1) is 23.6. The molecule has 0 unspecified atom stereocenters. The van der Waals surface area contributed by atoms with Gasteiger partial charge in [0.1, 0.15) is 12.1 Å². The van der Waals surface area contributed by atoms with Crippen LogP contribution in [0, 0.1) is 11.8 Å². The first-order valence-electron chi connectivity index (χ1n) is 16.8. The highest BCUT2D eigenvalue weighted by Crippen LogP contribution is 2.48. The number of hydrogen-bond donors (Lipinski definition) is 6. The number of phosphoric acid groups is 1. The Hall–Kier alpha value is -3.88. The minimum absolute atomic E-state index is 0.138. The van der Waals surface area contributed by atoms with Crippen LogP contribution in [0.5, 0.6) is 0 Å². The standard InChI is InChI=1S/C35H39N5O5.H3O4P/c1-20(2)34(37-31(41)23-16-25-24-11-7-12-26-30(24)22(18-36-26)17-27(25)38(3)19-23)33(43)40-28(15-21-9-5-4-6-10-21)32(42)39-14-8-13-29(39)35(40,44)45-34;1-5(2,3)4/h4-7,9-12,16,18,20,23,27-29,36,44H,8,13-15,17,19H2,1-3H3,(H,37,41);(H3,1,2,3,4)/t23-,27-,28+,29+,34-,35+;/m1./s1. The molecule has 0 saturated carbocycles. The van der Waals surface area contributed by atoms with E-state index in [2.05, 4.69) is 33.5 Å². The highest BCUT2D eigenvalue weighted by molar-refractivity contribution is 7.45. The van der Waals surface area contributed by atoms with E-state index in [1.165, 1.54) is 15.8 Å². The van der Waals surface area contributed by atoms with Crippen LogP contribution in [0.4, 0.5) is 0 Å². The number of aliphatic hydroxyl groups is 1. The largest absolute Gasteiger partial charge is 0.466 e. The van der Waals surface area contributed by atoms with Gasteiger partial charge in [0.15, 0.2) is 0 Å². The summed E-state index contributed by atoms with van der Waals surface area (Å²) in [5, 5.41) is 16.5. The van der Waals surface area contributed by atoms with Crippen molar-refractivity contribution < 1.29 is 43.5 Å². The molecule has 3 saturated heterocycles. The first kappa shape index (κ1) is 34.6. The number of H-pyrrole nitrogens is 1. The van der Waals surface area contributed by atoms with E-state index < -0.39 is 49.3 Å². The quantitative estimate of drug-likeness (QED) is 0.213. The van der Waals surface area contributed by atoms with Crippen molar-refractivity contribution in [1.82, 2.24) is 25.0 Å². The van der Waals surface area contributed by atoms with Crippen LogP contribution in [0.15, 0.2) is 60.8 Å². The van der Waals surface area contributed by atoms with Crippen LogP contribution in [-0.2, 0) is 36.5 Å². The van der Waals surface area contributed by atoms with Gasteiger partial charge in [0.2, 0.25) is 17.5 Å². The van der Waals surface area contributed by atoms with Gasteiger partial charge in [-0.25, -0.2) is 4.57 Å². The smallest absolute Gasteiger partial charge is 0.361 e. The van der Waals surface area contributed by atoms with Gasteiger partial charge < -0.3 is 35.0 Å². The number of likely N-dealkylation sites (N-methyl/N-ethyl adjacent to an activating group) is 1. The number of nitrogens with zero attached hydrogens (tertiary/aromatic N) is 3. The van der Waals surface area contributed by atoms with Gasteiger partial charge in [-0.2, -0.15) is 0 Å². The second-order valence-electron chi connectivity index (χ2n) is 14.2. The number of carbonyl (C=O) groups is 3. The molecule has 0 radical (unpaired) electrons. The molecule has 266 valence electrons. The zero-order valence-corrected chi connectivity index (χ0v) is 28.9. The number of rotatable bonds is 5. The summed E-state index contributed by atoms with van der Waals surface area (Å²) in [6.07, 6.45) is 6.40. The topological polar surface area (TPSA) is 196 Å². The summed E-state index contributed by atoms with van der Waals surface area (Å²) >= 11 is 0. The Labute approximate surface area is 288 Å². The fraction of sp³-hybridized carbons (Fsp3) is 0.457. The lowest BCUT2D eigenvalue weighted by molar-refractivity contribution is -0.321. The lowest BCUT2D eigenvalue weighted by atomic mass is 9.79. The van der Waals surface area contributed by atoms with Crippen molar-refractivity contribution in [2.75, 3.05) is 20.1 Å². The molecule has 4 aliphatic heterocycles. The maximum atomic E-state index is 14.6. The molecule has 0 spiro atoms. The Kier molecular flexibility index (Phi) is 8.58. The predicted octanol–water partition coefficient (Wildman–Crippen LogP) is 1.70. The highest BCUT2D eigenvalue weighted by Gasteiger charge is 2.72. The lowest BCUT2D eigenvalue weighted by Gasteiger charge is -2.48. The minimum Gasteiger partial charge on any atom is -0.361 e. The average molecular weight is 708 g/mol. The third kappa shape index (κ3) is 5.69. The summed E-state index contributed by atoms with van der Waals surface area (Å²) in [6.45, 7) is 4.56. The molecule has 0 bridgehead atoms. The fourth-order valence-corrected chi connectivity index (χ4v) is 8.47. The van der Waals surface area contributed by atoms with E-state index in [0.717, 1.165) is 28.6 Å². The molecule has 8 rings (SSSR count). The zero-order chi connectivity index (χ0) is 35.7. The number of hydrogen-bond acceptors (Lipinski definition) is 7. The van der Waals surface area contributed by atoms with Gasteiger partial charge in [-0.1, -0.05) is 62.4 Å². The van der Waals surface area contributed by atoms with Crippen LogP contribution < -0.4 is 5.32 Å². The Morgan fingerprint density at radius 3 is 2.54 bits per heavy atom. The molecule has 3 fully saturated rings. The van der Waals surface area contributed by atoms with Crippen LogP contribution in [0.1, 0.15) is 43.4 Å². The molecule has 14 nitrogen and oxygen atoms in total. The Bertz CT molecular complexity index is 1920. The fourth-order valence-electron chi connectivity index (χ4n) is 8.47. The maximum absolute atomic E-state index is 14.6. The van der Waals surface area contributed by atoms with Crippen LogP contribution in [0.3, 0.4) is 0 Å². The second kappa shape index (κ2) is 12.4. The van der Waals surface area contributed by atoms with Gasteiger partial charge in [-0.05, 0) is 54.6 Å². The number of aromatic nitrogens is 1. The van der Waals surface area contributed by atoms with Gasteiger partial charge in [0.25, 0.3) is 11.8 Å². The van der Waals surface area contributed by atoms with Crippen molar-refractivity contribution in [3.05, 3.63) is 77.5 Å². The maximum Gasteiger partial charge on any atom is 0.466 e. The van der Waals surface area contributed by atoms with Crippen molar-refractivity contribution in [2.24, 2.45) is 11.8 Å². The predicted molar refractivity (Wildman–Crippen MR) is 181 cm³/mol. The molecule has 5 aliphatic rings. The molecule has 5 heterocycles. The van der Waals surface area contributed by atoms with Crippen molar-refractivity contribution in [3.8, 4) is 0 Å². The molecule has 50 heavy (non-hydrogen) atoms. The van der Waals surface area contributed by atoms with Crippen molar-refractivity contribution >= 4 is 42.0 Å². The average Bonchev–Trinajstić information content (AvgIpc) is 3.77. The zero-order valence-electron chi connectivity index (χ0n) is 28.0. The van der Waals surface area contributed by atoms with E-state index >= 15 is 0 Å². The van der Waals surface area contributed by atoms with E-state index in [-0.39, 0.29) is 24.3 Å². The van der Waals surface area contributed by atoms with Crippen LogP contribution >= 0.6 is 7.82 Å². The number of aromatic amines is 1. The third-order valence-corrected chi connectivity index (χ3v) is 10.8. The number of nitrogens with one attached hydrogen (secondary N) is 2. The highest BCUT2D eigenvalue weighted by atomic mass is 31.2. The molecular weight excluding hydrogens is 665 g/mol. The number of ether oxygens (including phenoxy) is 1. The minimum atomic E-state index is -4.64. The van der Waals surface area contributed by atoms with Gasteiger partial charge >= 0.3 is 7.82 Å². The molecular formula is C35H42N5O9P. The molecule has 1 aromatic heterocycles. The Morgan fingerprint density at radius 2 is 1.84 bits per heavy atom. The number of amides is 3. The molecule has 6 atom stereocenters. The molecule has 6 N–H and O–H groups in total. The molecule has 3 aromatic rings. The molecule has 2 aromatic carbocycles. The van der Waals surface area contributed by atoms with Crippen molar-refractivity contribution in [3.63, 3.8) is 0 Å². The van der Waals surface area contributed by atoms with Crippen LogP contribution in [0.25, 0.3) is 16.5 Å². The molecule has 3 amide bonds. The van der Waals surface area contributed by atoms with E-state index in [9.17, 15) is 19.5 Å². The number of benzene rings is 2. The van der Waals surface area contributed by atoms with Crippen LogP contribution in [-0.4, -0.2) is 107 Å². The van der Waals surface area contributed by atoms with Gasteiger partial charge in [0, 0.05) is 48.6 Å². The monoisotopic (exact) mass is 707 g/mol. The van der Waals surface area contributed by atoms with E-state index in [1.807, 2.05) is 49.5 Å². The summed E-state index contributed by atoms with van der Waals surface area (Å²) in [7, 11) is -2.61. The third-order valence-electron chi connectivity index (χ3n) is 10.8. The Morgan fingerprint density at radius 1 is 1.12 bits per heavy atom. The summed E-state index contributed by atoms with van der Waals surface area (Å²) in [5.74, 6) is -4.27. The van der Waals surface area contributed by atoms with E-state index in [0.29, 0.717) is 25.9 Å². The molecule has 1 aliphatic carbocycles. The van der Waals surface area contributed by atoms with Crippen molar-refractivity contribution in [1.29, 1.82) is 0 Å². The number of carbonyl (C=O) groups excluding carboxylic acids is 3. The number of fused-ring (bicyclic) bond motifs is 5. The van der Waals surface area contributed by atoms with Crippen molar-refractivity contribution in [2.45, 2.75) is 69.3 Å². The van der Waals surface area contributed by atoms with E-state index in [1.54, 1.807) is 18.7 Å². The van der Waals surface area contributed by atoms with E-state index in [4.69, 9.17) is 24.0 Å². The summed E-state index contributed by atoms with van der Waals surface area (Å²) in [4.78, 5) is 72.8. The van der Waals surface area contributed by atoms with Crippen LogP contribution in [0.2, 0.25) is 0 Å². The normalized spacial score (nSPS) is 30.4.